The average molecular weight is 368 g/mol. The predicted molar refractivity (Wildman–Crippen MR) is 99.3 cm³/mol. The number of benzene rings is 1. The van der Waals surface area contributed by atoms with Crippen LogP contribution in [0.3, 0.4) is 0 Å². The summed E-state index contributed by atoms with van der Waals surface area (Å²) in [5.74, 6) is -0.505. The SMILES string of the molecule is CCc1ccc(C(=O)CN2C(=O)N[C@]3(CCCc4ccccc43)C2=O)s1. The Bertz CT molecular complexity index is 904. The van der Waals surface area contributed by atoms with E-state index in [1.807, 2.05) is 37.3 Å². The minimum atomic E-state index is -1.02. The van der Waals surface area contributed by atoms with Crippen LogP contribution in [-0.2, 0) is 23.2 Å². The van der Waals surface area contributed by atoms with Crippen LogP contribution in [0.2, 0.25) is 0 Å². The van der Waals surface area contributed by atoms with Crippen molar-refractivity contribution in [1.29, 1.82) is 0 Å². The van der Waals surface area contributed by atoms with Gasteiger partial charge in [-0.25, -0.2) is 4.79 Å². The summed E-state index contributed by atoms with van der Waals surface area (Å²) in [7, 11) is 0. The number of hydrogen-bond donors (Lipinski definition) is 1. The van der Waals surface area contributed by atoms with Crippen molar-refractivity contribution in [3.63, 3.8) is 0 Å². The van der Waals surface area contributed by atoms with E-state index in [0.717, 1.165) is 40.2 Å². The van der Waals surface area contributed by atoms with Crippen molar-refractivity contribution in [2.45, 2.75) is 38.1 Å². The van der Waals surface area contributed by atoms with E-state index in [2.05, 4.69) is 5.32 Å². The molecule has 1 fully saturated rings. The van der Waals surface area contributed by atoms with Crippen molar-refractivity contribution in [1.82, 2.24) is 10.2 Å². The van der Waals surface area contributed by atoms with E-state index in [1.165, 1.54) is 11.3 Å². The molecule has 5 nitrogen and oxygen atoms in total. The fourth-order valence-electron chi connectivity index (χ4n) is 3.89. The molecule has 1 saturated heterocycles. The number of nitrogens with one attached hydrogen (secondary N) is 1. The molecule has 1 aliphatic carbocycles. The number of carbonyl (C=O) groups excluding carboxylic acids is 3. The topological polar surface area (TPSA) is 66.5 Å². The van der Waals surface area contributed by atoms with Gasteiger partial charge >= 0.3 is 6.03 Å². The third kappa shape index (κ3) is 2.56. The number of ketones is 1. The van der Waals surface area contributed by atoms with Crippen LogP contribution in [0.5, 0.6) is 0 Å². The lowest BCUT2D eigenvalue weighted by atomic mass is 9.76. The summed E-state index contributed by atoms with van der Waals surface area (Å²) in [4.78, 5) is 41.1. The summed E-state index contributed by atoms with van der Waals surface area (Å²) < 4.78 is 0. The maximum Gasteiger partial charge on any atom is 0.325 e. The maximum absolute atomic E-state index is 13.2. The van der Waals surface area contributed by atoms with E-state index in [4.69, 9.17) is 0 Å². The number of hydrogen-bond acceptors (Lipinski definition) is 4. The van der Waals surface area contributed by atoms with Crippen molar-refractivity contribution < 1.29 is 14.4 Å². The van der Waals surface area contributed by atoms with Crippen molar-refractivity contribution in [2.75, 3.05) is 6.54 Å². The van der Waals surface area contributed by atoms with Crippen LogP contribution >= 0.6 is 11.3 Å². The van der Waals surface area contributed by atoms with Gasteiger partial charge in [-0.05, 0) is 48.9 Å². The molecular formula is C20H20N2O3S. The van der Waals surface area contributed by atoms with Gasteiger partial charge in [0.1, 0.15) is 5.54 Å². The number of nitrogens with zero attached hydrogens (tertiary/aromatic N) is 1. The van der Waals surface area contributed by atoms with E-state index in [9.17, 15) is 14.4 Å². The van der Waals surface area contributed by atoms with Crippen LogP contribution in [0.4, 0.5) is 4.79 Å². The highest BCUT2D eigenvalue weighted by Gasteiger charge is 2.54. The van der Waals surface area contributed by atoms with Gasteiger partial charge in [-0.1, -0.05) is 31.2 Å². The van der Waals surface area contributed by atoms with Gasteiger partial charge in [-0.15, -0.1) is 11.3 Å². The third-order valence-electron chi connectivity index (χ3n) is 5.24. The van der Waals surface area contributed by atoms with E-state index < -0.39 is 11.6 Å². The minimum absolute atomic E-state index is 0.195. The molecule has 134 valence electrons. The van der Waals surface area contributed by atoms with Gasteiger partial charge in [0.15, 0.2) is 5.78 Å². The Labute approximate surface area is 156 Å². The fourth-order valence-corrected chi connectivity index (χ4v) is 4.77. The number of rotatable bonds is 4. The number of aryl methyl sites for hydroxylation is 2. The molecule has 2 heterocycles. The molecule has 2 aliphatic rings. The molecule has 3 amide bonds. The van der Waals surface area contributed by atoms with Gasteiger partial charge in [-0.3, -0.25) is 14.5 Å². The Morgan fingerprint density at radius 3 is 2.81 bits per heavy atom. The van der Waals surface area contributed by atoms with Gasteiger partial charge in [0, 0.05) is 4.88 Å². The third-order valence-corrected chi connectivity index (χ3v) is 6.51. The summed E-state index contributed by atoms with van der Waals surface area (Å²) in [6.45, 7) is 1.82. The number of amides is 3. The Hall–Kier alpha value is -2.47. The van der Waals surface area contributed by atoms with Crippen molar-refractivity contribution in [2.24, 2.45) is 0 Å². The zero-order chi connectivity index (χ0) is 18.3. The lowest BCUT2D eigenvalue weighted by molar-refractivity contribution is -0.131. The molecule has 1 aliphatic heterocycles. The van der Waals surface area contributed by atoms with Crippen LogP contribution < -0.4 is 5.32 Å². The number of imide groups is 1. The Kier molecular flexibility index (Phi) is 4.15. The summed E-state index contributed by atoms with van der Waals surface area (Å²) in [5, 5.41) is 2.89. The molecule has 0 saturated carbocycles. The lowest BCUT2D eigenvalue weighted by Gasteiger charge is -2.33. The minimum Gasteiger partial charge on any atom is -0.319 e. The molecule has 0 unspecified atom stereocenters. The molecule has 1 aromatic carbocycles. The molecular weight excluding hydrogens is 348 g/mol. The molecule has 0 bridgehead atoms. The highest BCUT2D eigenvalue weighted by atomic mass is 32.1. The van der Waals surface area contributed by atoms with E-state index >= 15 is 0 Å². The monoisotopic (exact) mass is 368 g/mol. The van der Waals surface area contributed by atoms with Crippen molar-refractivity contribution in [3.8, 4) is 0 Å². The number of carbonyl (C=O) groups is 3. The molecule has 1 N–H and O–H groups in total. The van der Waals surface area contributed by atoms with Gasteiger partial charge < -0.3 is 5.32 Å². The molecule has 6 heteroatoms. The number of urea groups is 1. The Balaban J connectivity index is 1.61. The average Bonchev–Trinajstić information content (AvgIpc) is 3.22. The molecule has 26 heavy (non-hydrogen) atoms. The molecule has 1 aromatic heterocycles. The van der Waals surface area contributed by atoms with E-state index in [0.29, 0.717) is 11.3 Å². The lowest BCUT2D eigenvalue weighted by Crippen LogP contribution is -2.46. The molecule has 2 aromatic rings. The Morgan fingerprint density at radius 2 is 2.04 bits per heavy atom. The highest BCUT2D eigenvalue weighted by molar-refractivity contribution is 7.14. The first kappa shape index (κ1) is 17.0. The summed E-state index contributed by atoms with van der Waals surface area (Å²) >= 11 is 1.42. The summed E-state index contributed by atoms with van der Waals surface area (Å²) in [6, 6.07) is 11.0. The zero-order valence-electron chi connectivity index (χ0n) is 14.6. The Morgan fingerprint density at radius 1 is 1.23 bits per heavy atom. The van der Waals surface area contributed by atoms with E-state index in [-0.39, 0.29) is 18.2 Å². The van der Waals surface area contributed by atoms with Gasteiger partial charge in [-0.2, -0.15) is 0 Å². The molecule has 1 spiro atoms. The summed E-state index contributed by atoms with van der Waals surface area (Å²) in [5.41, 5.74) is 0.936. The maximum atomic E-state index is 13.2. The van der Waals surface area contributed by atoms with E-state index in [1.54, 1.807) is 6.07 Å². The van der Waals surface area contributed by atoms with Gasteiger partial charge in [0.05, 0.1) is 11.4 Å². The van der Waals surface area contributed by atoms with Crippen molar-refractivity contribution >= 4 is 29.1 Å². The molecule has 4 rings (SSSR count). The van der Waals surface area contributed by atoms with Crippen LogP contribution in [0, 0.1) is 0 Å². The zero-order valence-corrected chi connectivity index (χ0v) is 15.4. The van der Waals surface area contributed by atoms with Gasteiger partial charge in [0.25, 0.3) is 5.91 Å². The first-order valence-electron chi connectivity index (χ1n) is 8.89. The quantitative estimate of drug-likeness (QED) is 0.665. The molecule has 1 atom stereocenters. The fraction of sp³-hybridized carbons (Fsp3) is 0.350. The first-order chi connectivity index (χ1) is 12.5. The largest absolute Gasteiger partial charge is 0.325 e. The van der Waals surface area contributed by atoms with Gasteiger partial charge in [0.2, 0.25) is 0 Å². The summed E-state index contributed by atoms with van der Waals surface area (Å²) in [6.07, 6.45) is 3.16. The predicted octanol–water partition coefficient (Wildman–Crippen LogP) is 3.28. The second-order valence-electron chi connectivity index (χ2n) is 6.78. The number of thiophene rings is 1. The van der Waals surface area contributed by atoms with Crippen LogP contribution in [0.15, 0.2) is 36.4 Å². The number of fused-ring (bicyclic) bond motifs is 2. The van der Waals surface area contributed by atoms with Crippen LogP contribution in [0.1, 0.15) is 45.4 Å². The van der Waals surface area contributed by atoms with Crippen LogP contribution in [-0.4, -0.2) is 29.2 Å². The number of Topliss-reactive ketones (excluding diaryl/α,β-unsaturated/α-hetero) is 1. The normalized spacial score (nSPS) is 21.8. The van der Waals surface area contributed by atoms with Crippen LogP contribution in [0.25, 0.3) is 0 Å². The second-order valence-corrected chi connectivity index (χ2v) is 7.95. The smallest absolute Gasteiger partial charge is 0.319 e. The second kappa shape index (κ2) is 6.36. The van der Waals surface area contributed by atoms with Crippen molar-refractivity contribution in [3.05, 3.63) is 57.3 Å². The highest BCUT2D eigenvalue weighted by Crippen LogP contribution is 2.39. The molecule has 0 radical (unpaired) electrons. The first-order valence-corrected chi connectivity index (χ1v) is 9.71. The standard InChI is InChI=1S/C20H20N2O3S/c1-2-14-9-10-17(26-14)16(23)12-22-18(24)20(21-19(22)25)11-5-7-13-6-3-4-8-15(13)20/h3-4,6,8-10H,2,5,7,11-12H2,1H3,(H,21,25)/t20-/m0/s1.